The standard InChI is InChI=1S/2H3O4P.3V/c2*1-5(2,3)4;;;/h2*(H3,1,2,3,4);;;/q;;3*+2/p-6. The molecule has 0 N–H and O–H groups in total. The molecule has 0 amide bonds. The van der Waals surface area contributed by atoms with Gasteiger partial charge in [-0.05, 0) is 0 Å². The Kier molecular flexibility index (Phi) is 27.2. The maximum absolute atomic E-state index is 8.55. The van der Waals surface area contributed by atoms with Crippen LogP contribution in [0.4, 0.5) is 0 Å². The van der Waals surface area contributed by atoms with Gasteiger partial charge in [-0.15, -0.1) is 0 Å². The fourth-order valence-electron chi connectivity index (χ4n) is 0. The van der Waals surface area contributed by atoms with Crippen LogP contribution in [-0.4, -0.2) is 0 Å². The van der Waals surface area contributed by atoms with E-state index in [-0.39, 0.29) is 55.7 Å². The van der Waals surface area contributed by atoms with Gasteiger partial charge < -0.3 is 38.5 Å². The summed E-state index contributed by atoms with van der Waals surface area (Å²) in [4.78, 5) is 51.3. The van der Waals surface area contributed by atoms with Crippen molar-refractivity contribution in [2.45, 2.75) is 0 Å². The third-order valence-corrected chi connectivity index (χ3v) is 0. The fraction of sp³-hybridized carbons (Fsp3) is 0. The minimum absolute atomic E-state index is 0. The minimum atomic E-state index is -5.39. The minimum Gasteiger partial charge on any atom is -0.822 e. The second kappa shape index (κ2) is 12.0. The predicted molar refractivity (Wildman–Crippen MR) is 15.2 cm³/mol. The molecule has 0 saturated heterocycles. The van der Waals surface area contributed by atoms with Crippen molar-refractivity contribution in [2.75, 3.05) is 0 Å². The van der Waals surface area contributed by atoms with E-state index in [4.69, 9.17) is 38.5 Å². The molecule has 73 valence electrons. The average Bonchev–Trinajstić information content (AvgIpc) is 1.12. The van der Waals surface area contributed by atoms with Crippen molar-refractivity contribution in [3.05, 3.63) is 0 Å². The number of hydrogen-bond donors (Lipinski definition) is 0. The van der Waals surface area contributed by atoms with Gasteiger partial charge in [-0.3, -0.25) is 0 Å². The topological polar surface area (TPSA) is 172 Å². The SMILES string of the molecule is O=P([O-])([O-])[O-].O=P([O-])([O-])[O-].[V+2].[V+2].[V+2]. The Hall–Kier alpha value is 1.97. The normalized spacial score (nSPS) is 9.08. The van der Waals surface area contributed by atoms with Crippen LogP contribution >= 0.6 is 15.6 Å². The number of hydrogen-bond acceptors (Lipinski definition) is 8. The van der Waals surface area contributed by atoms with E-state index in [1.54, 1.807) is 0 Å². The zero-order chi connectivity index (χ0) is 9.00. The Morgan fingerprint density at radius 3 is 0.538 bits per heavy atom. The quantitative estimate of drug-likeness (QED) is 0.391. The van der Waals surface area contributed by atoms with Crippen molar-refractivity contribution >= 4 is 15.6 Å². The van der Waals surface area contributed by atoms with Crippen molar-refractivity contribution in [3.8, 4) is 0 Å². The summed E-state index contributed by atoms with van der Waals surface area (Å²) in [6, 6.07) is 0. The summed E-state index contributed by atoms with van der Waals surface area (Å²) in [6.45, 7) is 0. The zero-order valence-electron chi connectivity index (χ0n) is 5.50. The van der Waals surface area contributed by atoms with Crippen molar-refractivity contribution < 1.29 is 94.2 Å². The van der Waals surface area contributed by atoms with Gasteiger partial charge in [0.1, 0.15) is 0 Å². The maximum atomic E-state index is 8.55. The molecule has 0 aromatic heterocycles. The Balaban J connectivity index is -0.0000000267. The molecular formula is O8P2V3. The molecule has 0 unspecified atom stereocenters. The van der Waals surface area contributed by atoms with Gasteiger partial charge in [0.25, 0.3) is 0 Å². The average molecular weight is 343 g/mol. The van der Waals surface area contributed by atoms with Crippen LogP contribution in [-0.2, 0) is 64.8 Å². The first-order valence-electron chi connectivity index (χ1n) is 1.46. The van der Waals surface area contributed by atoms with Crippen LogP contribution in [0.3, 0.4) is 0 Å². The van der Waals surface area contributed by atoms with E-state index in [0.29, 0.717) is 0 Å². The van der Waals surface area contributed by atoms with Gasteiger partial charge in [-0.2, -0.15) is 15.6 Å². The molecule has 0 aromatic rings. The summed E-state index contributed by atoms with van der Waals surface area (Å²) in [5.41, 5.74) is 0. The molecule has 0 spiro atoms. The molecule has 0 heterocycles. The van der Waals surface area contributed by atoms with Gasteiger partial charge >= 0.3 is 55.7 Å². The van der Waals surface area contributed by atoms with Crippen LogP contribution < -0.4 is 29.4 Å². The molecule has 3 radical (unpaired) electrons. The Bertz CT molecular complexity index is 130. The summed E-state index contributed by atoms with van der Waals surface area (Å²) >= 11 is 0. The first-order chi connectivity index (χ1) is 4.00. The van der Waals surface area contributed by atoms with Crippen LogP contribution in [0.15, 0.2) is 0 Å². The van der Waals surface area contributed by atoms with Gasteiger partial charge in [0, 0.05) is 0 Å². The van der Waals surface area contributed by atoms with Crippen molar-refractivity contribution in [1.82, 2.24) is 0 Å². The Morgan fingerprint density at radius 1 is 0.538 bits per heavy atom. The third kappa shape index (κ3) is 514. The smallest absolute Gasteiger partial charge is 0.822 e. The number of rotatable bonds is 0. The zero-order valence-corrected chi connectivity index (χ0v) is 11.5. The molecule has 0 bridgehead atoms. The van der Waals surface area contributed by atoms with Crippen molar-refractivity contribution in [1.29, 1.82) is 0 Å². The van der Waals surface area contributed by atoms with E-state index in [9.17, 15) is 0 Å². The van der Waals surface area contributed by atoms with E-state index in [1.165, 1.54) is 0 Å². The first-order valence-corrected chi connectivity index (χ1v) is 4.38. The molecular weight excluding hydrogens is 343 g/mol. The molecule has 0 fully saturated rings. The molecule has 0 aromatic carbocycles. The molecule has 0 rings (SSSR count). The van der Waals surface area contributed by atoms with Crippen LogP contribution in [0.25, 0.3) is 0 Å². The largest absolute Gasteiger partial charge is 2.00 e. The van der Waals surface area contributed by atoms with Gasteiger partial charge in [-0.1, -0.05) is 0 Å². The van der Waals surface area contributed by atoms with E-state index in [2.05, 4.69) is 0 Å². The molecule has 0 atom stereocenters. The van der Waals surface area contributed by atoms with Gasteiger partial charge in [0.2, 0.25) is 0 Å². The second-order valence-corrected chi connectivity index (χ2v) is 2.68. The molecule has 0 aliphatic carbocycles. The molecule has 13 heteroatoms. The van der Waals surface area contributed by atoms with Crippen LogP contribution in [0.5, 0.6) is 0 Å². The van der Waals surface area contributed by atoms with Gasteiger partial charge in [-0.25, -0.2) is 0 Å². The molecule has 13 heavy (non-hydrogen) atoms. The van der Waals surface area contributed by atoms with Crippen LogP contribution in [0.2, 0.25) is 0 Å². The monoisotopic (exact) mass is 343 g/mol. The molecule has 0 saturated carbocycles. The number of phosphoric acid groups is 2. The maximum Gasteiger partial charge on any atom is 2.00 e. The van der Waals surface area contributed by atoms with E-state index in [0.717, 1.165) is 0 Å². The van der Waals surface area contributed by atoms with Crippen LogP contribution in [0.1, 0.15) is 0 Å². The van der Waals surface area contributed by atoms with Gasteiger partial charge in [0.15, 0.2) is 0 Å². The molecule has 0 aliphatic heterocycles. The first kappa shape index (κ1) is 29.4. The van der Waals surface area contributed by atoms with Crippen molar-refractivity contribution in [2.24, 2.45) is 0 Å². The second-order valence-electron chi connectivity index (χ2n) is 0.894. The Labute approximate surface area is 109 Å². The summed E-state index contributed by atoms with van der Waals surface area (Å²) in [5, 5.41) is 0. The van der Waals surface area contributed by atoms with Crippen LogP contribution in [0, 0.1) is 0 Å². The molecule has 0 aliphatic rings. The predicted octanol–water partition coefficient (Wildman–Crippen LogP) is -5.66. The summed E-state index contributed by atoms with van der Waals surface area (Å²) in [5.74, 6) is 0. The van der Waals surface area contributed by atoms with Crippen molar-refractivity contribution in [3.63, 3.8) is 0 Å². The van der Waals surface area contributed by atoms with E-state index < -0.39 is 15.6 Å². The summed E-state index contributed by atoms with van der Waals surface area (Å²) in [6.07, 6.45) is 0. The van der Waals surface area contributed by atoms with E-state index in [1.807, 2.05) is 0 Å². The van der Waals surface area contributed by atoms with Gasteiger partial charge in [0.05, 0.1) is 0 Å². The summed E-state index contributed by atoms with van der Waals surface area (Å²) < 4.78 is 17.1. The third-order valence-electron chi connectivity index (χ3n) is 0. The van der Waals surface area contributed by atoms with E-state index >= 15 is 0 Å². The molecule has 8 nitrogen and oxygen atoms in total. The summed E-state index contributed by atoms with van der Waals surface area (Å²) in [7, 11) is -10.8. The Morgan fingerprint density at radius 2 is 0.538 bits per heavy atom. The fourth-order valence-corrected chi connectivity index (χ4v) is 0.